The minimum absolute atomic E-state index is 0.00424. The summed E-state index contributed by atoms with van der Waals surface area (Å²) in [6.45, 7) is 7.95. The maximum absolute atomic E-state index is 14.0. The normalized spacial score (nSPS) is 37.8. The molecule has 35 heavy (non-hydrogen) atoms. The molecule has 7 atom stereocenters. The van der Waals surface area contributed by atoms with Gasteiger partial charge in [0.05, 0.1) is 0 Å². The van der Waals surface area contributed by atoms with Crippen molar-refractivity contribution >= 4 is 29.8 Å². The number of fused-ring (bicyclic) bond motifs is 5. The molecular formula is C27H44N4O3S. The lowest BCUT2D eigenvalue weighted by atomic mass is 9.48. The number of nitrogens with one attached hydrogen (secondary N) is 2. The van der Waals surface area contributed by atoms with Crippen molar-refractivity contribution in [1.29, 1.82) is 0 Å². The van der Waals surface area contributed by atoms with Gasteiger partial charge in [-0.25, -0.2) is 4.79 Å². The first kappa shape index (κ1) is 26.5. The molecule has 0 aromatic rings. The summed E-state index contributed by atoms with van der Waals surface area (Å²) < 4.78 is 2.87. The molecule has 2 N–H and O–H groups in total. The second kappa shape index (κ2) is 10.4. The number of carbonyl (C=O) groups is 3. The summed E-state index contributed by atoms with van der Waals surface area (Å²) in [6, 6.07) is -0.0474. The van der Waals surface area contributed by atoms with Crippen molar-refractivity contribution in [3.05, 3.63) is 12.2 Å². The second-order valence-electron chi connectivity index (χ2n) is 11.9. The molecule has 7 nitrogen and oxygen atoms in total. The molecule has 2 unspecified atom stereocenters. The van der Waals surface area contributed by atoms with Gasteiger partial charge in [-0.15, -0.1) is 0 Å². The van der Waals surface area contributed by atoms with Crippen molar-refractivity contribution in [2.24, 2.45) is 34.5 Å². The van der Waals surface area contributed by atoms with Crippen LogP contribution in [0.3, 0.4) is 0 Å². The van der Waals surface area contributed by atoms with Gasteiger partial charge in [0.2, 0.25) is 11.8 Å². The van der Waals surface area contributed by atoms with E-state index in [1.54, 1.807) is 6.08 Å². The predicted molar refractivity (Wildman–Crippen MR) is 140 cm³/mol. The number of carbonyl (C=O) groups excluding carboxylic acids is 3. The van der Waals surface area contributed by atoms with E-state index in [1.165, 1.54) is 16.8 Å². The fourth-order valence-corrected chi connectivity index (χ4v) is 8.35. The average Bonchev–Trinajstić information content (AvgIpc) is 3.17. The Balaban J connectivity index is 1.52. The van der Waals surface area contributed by atoms with Crippen LogP contribution < -0.4 is 10.0 Å². The van der Waals surface area contributed by atoms with Crippen LogP contribution in [0.1, 0.15) is 65.7 Å². The molecule has 3 aliphatic carbocycles. The number of amides is 4. The van der Waals surface area contributed by atoms with Crippen molar-refractivity contribution in [2.45, 2.75) is 71.8 Å². The van der Waals surface area contributed by atoms with Crippen molar-refractivity contribution in [3.8, 4) is 0 Å². The first-order valence-electron chi connectivity index (χ1n) is 13.5. The van der Waals surface area contributed by atoms with Crippen LogP contribution in [-0.2, 0) is 9.59 Å². The zero-order valence-corrected chi connectivity index (χ0v) is 23.0. The van der Waals surface area contributed by atoms with Gasteiger partial charge in [-0.2, -0.15) is 0 Å². The van der Waals surface area contributed by atoms with Crippen molar-refractivity contribution in [1.82, 2.24) is 19.8 Å². The van der Waals surface area contributed by atoms with Crippen molar-refractivity contribution < 1.29 is 14.4 Å². The highest BCUT2D eigenvalue weighted by molar-refractivity contribution is 7.97. The monoisotopic (exact) mass is 504 g/mol. The Morgan fingerprint density at radius 1 is 1.11 bits per heavy atom. The minimum atomic E-state index is -0.266. The van der Waals surface area contributed by atoms with Gasteiger partial charge >= 0.3 is 6.03 Å². The molecule has 4 aliphatic rings. The highest BCUT2D eigenvalue weighted by Crippen LogP contribution is 2.65. The van der Waals surface area contributed by atoms with E-state index in [0.717, 1.165) is 57.2 Å². The number of hydrogen-bond acceptors (Lipinski definition) is 5. The fourth-order valence-electron chi connectivity index (χ4n) is 7.97. The molecule has 1 heterocycles. The Morgan fingerprint density at radius 3 is 2.60 bits per heavy atom. The summed E-state index contributed by atoms with van der Waals surface area (Å²) in [4.78, 5) is 42.6. The molecule has 0 bridgehead atoms. The summed E-state index contributed by atoms with van der Waals surface area (Å²) in [5.41, 5.74) is -0.0726. The SMILES string of the molecule is CCSNC(=O)N(CCCN(C)C)C(=O)C1CC[C@H]2[C@@H]3CCC4NC(=O)C=C[C@]4(C)[C@@H]3CC[C@]12C. The summed E-state index contributed by atoms with van der Waals surface area (Å²) in [5.74, 6) is 2.32. The lowest BCUT2D eigenvalue weighted by Gasteiger charge is -2.58. The predicted octanol–water partition coefficient (Wildman–Crippen LogP) is 4.06. The van der Waals surface area contributed by atoms with Crippen LogP contribution in [0.25, 0.3) is 0 Å². The topological polar surface area (TPSA) is 81.8 Å². The maximum Gasteiger partial charge on any atom is 0.334 e. The van der Waals surface area contributed by atoms with Crippen LogP contribution in [0.5, 0.6) is 0 Å². The highest BCUT2D eigenvalue weighted by atomic mass is 32.2. The molecule has 0 aromatic heterocycles. The highest BCUT2D eigenvalue weighted by Gasteiger charge is 2.61. The van der Waals surface area contributed by atoms with Crippen LogP contribution in [0, 0.1) is 34.5 Å². The van der Waals surface area contributed by atoms with E-state index in [2.05, 4.69) is 34.9 Å². The molecular weight excluding hydrogens is 460 g/mol. The minimum Gasteiger partial charge on any atom is -0.349 e. The van der Waals surface area contributed by atoms with Crippen molar-refractivity contribution in [3.63, 3.8) is 0 Å². The summed E-state index contributed by atoms with van der Waals surface area (Å²) in [7, 11) is 4.03. The van der Waals surface area contributed by atoms with Gasteiger partial charge in [-0.3, -0.25) is 19.2 Å². The maximum atomic E-state index is 14.0. The van der Waals surface area contributed by atoms with Gasteiger partial charge in [0.1, 0.15) is 0 Å². The van der Waals surface area contributed by atoms with Crippen LogP contribution >= 0.6 is 11.9 Å². The molecule has 3 fully saturated rings. The molecule has 0 radical (unpaired) electrons. The Bertz CT molecular complexity index is 863. The molecule has 4 rings (SSSR count). The number of nitrogens with zero attached hydrogens (tertiary/aromatic N) is 2. The van der Waals surface area contributed by atoms with E-state index in [-0.39, 0.29) is 40.6 Å². The smallest absolute Gasteiger partial charge is 0.334 e. The van der Waals surface area contributed by atoms with E-state index in [9.17, 15) is 14.4 Å². The zero-order chi connectivity index (χ0) is 25.4. The Morgan fingerprint density at radius 2 is 1.89 bits per heavy atom. The first-order chi connectivity index (χ1) is 16.6. The number of urea groups is 1. The third-order valence-electron chi connectivity index (χ3n) is 9.79. The van der Waals surface area contributed by atoms with Crippen LogP contribution in [-0.4, -0.2) is 66.6 Å². The largest absolute Gasteiger partial charge is 0.349 e. The quantitative estimate of drug-likeness (QED) is 0.511. The molecule has 0 aromatic carbocycles. The molecule has 4 amide bonds. The van der Waals surface area contributed by atoms with E-state index in [4.69, 9.17) is 0 Å². The number of rotatable bonds is 7. The molecule has 0 saturated heterocycles. The summed E-state index contributed by atoms with van der Waals surface area (Å²) in [6.07, 6.45) is 10.8. The molecule has 3 saturated carbocycles. The van der Waals surface area contributed by atoms with E-state index in [0.29, 0.717) is 24.3 Å². The van der Waals surface area contributed by atoms with Gasteiger partial charge in [0.15, 0.2) is 0 Å². The standard InChI is InChI=1S/C27H44N4O3S/c1-6-35-29-25(34)31(17-7-16-30(4)5)24(33)21-10-9-19-18-8-11-22-27(3,15-13-23(32)28-22)20(18)12-14-26(19,21)2/h13,15,18-22H,6-12,14,16-17H2,1-5H3,(H,28,32)(H,29,34)/t18-,19-,20+,21?,22?,26-,27+/m0/s1. The molecule has 8 heteroatoms. The third kappa shape index (κ3) is 4.89. The van der Waals surface area contributed by atoms with Gasteiger partial charge < -0.3 is 10.2 Å². The van der Waals surface area contributed by atoms with Gasteiger partial charge in [-0.1, -0.05) is 26.8 Å². The fraction of sp³-hybridized carbons (Fsp3) is 0.815. The Kier molecular flexibility index (Phi) is 7.91. The summed E-state index contributed by atoms with van der Waals surface area (Å²) >= 11 is 1.35. The lowest BCUT2D eigenvalue weighted by Crippen LogP contribution is -2.59. The average molecular weight is 505 g/mol. The first-order valence-corrected chi connectivity index (χ1v) is 14.5. The van der Waals surface area contributed by atoms with Crippen LogP contribution in [0.2, 0.25) is 0 Å². The van der Waals surface area contributed by atoms with Crippen LogP contribution in [0.4, 0.5) is 4.79 Å². The lowest BCUT2D eigenvalue weighted by molar-refractivity contribution is -0.141. The van der Waals surface area contributed by atoms with Gasteiger partial charge in [0, 0.05) is 29.7 Å². The van der Waals surface area contributed by atoms with Gasteiger partial charge in [-0.05, 0) is 107 Å². The Labute approximate surface area is 215 Å². The zero-order valence-electron chi connectivity index (χ0n) is 22.1. The van der Waals surface area contributed by atoms with Crippen molar-refractivity contribution in [2.75, 3.05) is 32.9 Å². The van der Waals surface area contributed by atoms with E-state index < -0.39 is 0 Å². The number of imide groups is 1. The summed E-state index contributed by atoms with van der Waals surface area (Å²) in [5, 5.41) is 3.22. The van der Waals surface area contributed by atoms with E-state index in [1.807, 2.05) is 21.0 Å². The molecule has 196 valence electrons. The van der Waals surface area contributed by atoms with Gasteiger partial charge in [0.25, 0.3) is 0 Å². The second-order valence-corrected chi connectivity index (χ2v) is 12.9. The number of hydrogen-bond donors (Lipinski definition) is 2. The Hall–Kier alpha value is -1.54. The molecule has 0 spiro atoms. The van der Waals surface area contributed by atoms with E-state index >= 15 is 0 Å². The third-order valence-corrected chi connectivity index (χ3v) is 10.4. The molecule has 1 aliphatic heterocycles. The van der Waals surface area contributed by atoms with Crippen LogP contribution in [0.15, 0.2) is 12.2 Å².